The molecule has 1 aromatic rings. The van der Waals surface area contributed by atoms with Crippen molar-refractivity contribution in [3.8, 4) is 12.4 Å². The van der Waals surface area contributed by atoms with Crippen molar-refractivity contribution < 1.29 is 4.79 Å². The standard InChI is InChI=1S/C3H6N6.CH4N2O.2CH2N2/c4-1-7-2(5)9-3(6)8-1;2-1(3)4;2*2-1-3/h(H6,4,5,6,7,8,9);(H4,2,3,4);2*2H2. The summed E-state index contributed by atoms with van der Waals surface area (Å²) in [5.74, 6) is 0.125. The number of urea groups is 1. The number of amides is 2. The lowest BCUT2D eigenvalue weighted by Crippen LogP contribution is -2.18. The number of hydrogen-bond donors (Lipinski definition) is 7. The topological polar surface area (TPSA) is 285 Å². The number of nitrogen functional groups attached to an aromatic ring is 3. The highest BCUT2D eigenvalue weighted by Crippen LogP contribution is 1.97. The van der Waals surface area contributed by atoms with Crippen LogP contribution in [0, 0.1) is 22.9 Å². The molecule has 2 amide bonds. The first kappa shape index (κ1) is 20.6. The van der Waals surface area contributed by atoms with E-state index in [1.807, 2.05) is 0 Å². The molecule has 19 heavy (non-hydrogen) atoms. The van der Waals surface area contributed by atoms with Crippen molar-refractivity contribution in [2.75, 3.05) is 17.2 Å². The van der Waals surface area contributed by atoms with Gasteiger partial charge in [-0.1, -0.05) is 0 Å². The van der Waals surface area contributed by atoms with Crippen LogP contribution in [0.5, 0.6) is 0 Å². The minimum Gasteiger partial charge on any atom is -0.368 e. The summed E-state index contributed by atoms with van der Waals surface area (Å²) in [6, 6.07) is -0.833. The Balaban J connectivity index is -0.000000216. The van der Waals surface area contributed by atoms with Gasteiger partial charge in [0.2, 0.25) is 17.8 Å². The molecule has 0 aliphatic rings. The fourth-order valence-corrected chi connectivity index (χ4v) is 0.427. The molecule has 0 aliphatic carbocycles. The normalized spacial score (nSPS) is 6.42. The minimum absolute atomic E-state index is 0.0417. The van der Waals surface area contributed by atoms with Crippen LogP contribution in [0.15, 0.2) is 0 Å². The van der Waals surface area contributed by atoms with Gasteiger partial charge in [-0.15, -0.1) is 0 Å². The summed E-state index contributed by atoms with van der Waals surface area (Å²) in [6.45, 7) is 0. The van der Waals surface area contributed by atoms with E-state index in [0.29, 0.717) is 0 Å². The first-order chi connectivity index (χ1) is 8.74. The molecule has 104 valence electrons. The molecule has 0 spiro atoms. The first-order valence-electron chi connectivity index (χ1n) is 4.01. The van der Waals surface area contributed by atoms with Gasteiger partial charge in [-0.05, 0) is 0 Å². The predicted octanol–water partition coefficient (Wildman–Crippen LogP) is -3.51. The Kier molecular flexibility index (Phi) is 15.5. The van der Waals surface area contributed by atoms with Crippen molar-refractivity contribution in [1.82, 2.24) is 15.0 Å². The average molecular weight is 270 g/mol. The fourth-order valence-electron chi connectivity index (χ4n) is 0.427. The van der Waals surface area contributed by atoms with E-state index in [-0.39, 0.29) is 17.8 Å². The highest BCUT2D eigenvalue weighted by Gasteiger charge is 1.93. The molecular weight excluding hydrogens is 256 g/mol. The van der Waals surface area contributed by atoms with Gasteiger partial charge >= 0.3 is 6.03 Å². The second-order valence-electron chi connectivity index (χ2n) is 2.07. The van der Waals surface area contributed by atoms with Gasteiger partial charge in [0, 0.05) is 0 Å². The molecule has 0 bridgehead atoms. The summed E-state index contributed by atoms with van der Waals surface area (Å²) in [5.41, 5.74) is 32.2. The van der Waals surface area contributed by atoms with Crippen molar-refractivity contribution in [3.63, 3.8) is 0 Å². The van der Waals surface area contributed by atoms with E-state index in [9.17, 15) is 0 Å². The Morgan fingerprint density at radius 1 is 0.842 bits per heavy atom. The van der Waals surface area contributed by atoms with E-state index >= 15 is 0 Å². The number of hydrogen-bond acceptors (Lipinski definition) is 11. The van der Waals surface area contributed by atoms with E-state index < -0.39 is 6.03 Å². The molecule has 0 fully saturated rings. The van der Waals surface area contributed by atoms with Crippen LogP contribution >= 0.6 is 0 Å². The number of nitrogens with zero attached hydrogens (tertiary/aromatic N) is 5. The minimum atomic E-state index is -0.833. The number of nitrogens with two attached hydrogens (primary N) is 7. The largest absolute Gasteiger partial charge is 0.368 e. The number of rotatable bonds is 0. The third kappa shape index (κ3) is 31.4. The summed E-state index contributed by atoms with van der Waals surface area (Å²) in [7, 11) is 0. The third-order valence-electron chi connectivity index (χ3n) is 0.687. The summed E-state index contributed by atoms with van der Waals surface area (Å²) in [6.07, 6.45) is 2.50. The van der Waals surface area contributed by atoms with Crippen molar-refractivity contribution in [3.05, 3.63) is 0 Å². The predicted molar refractivity (Wildman–Crippen MR) is 66.4 cm³/mol. The lowest BCUT2D eigenvalue weighted by atomic mass is 10.9. The van der Waals surface area contributed by atoms with Gasteiger partial charge in [0.15, 0.2) is 12.4 Å². The van der Waals surface area contributed by atoms with Crippen LogP contribution in [-0.4, -0.2) is 21.0 Å². The molecule has 13 heteroatoms. The molecule has 0 unspecified atom stereocenters. The molecule has 0 aromatic carbocycles. The van der Waals surface area contributed by atoms with Gasteiger partial charge in [-0.25, -0.2) is 4.79 Å². The van der Waals surface area contributed by atoms with Crippen molar-refractivity contribution in [1.29, 1.82) is 10.5 Å². The van der Waals surface area contributed by atoms with Crippen molar-refractivity contribution in [2.24, 2.45) is 22.9 Å². The Morgan fingerprint density at radius 3 is 1.05 bits per heavy atom. The molecule has 0 radical (unpaired) electrons. The van der Waals surface area contributed by atoms with Crippen LogP contribution in [0.4, 0.5) is 22.6 Å². The van der Waals surface area contributed by atoms with E-state index in [2.05, 4.69) is 37.9 Å². The summed E-state index contributed by atoms with van der Waals surface area (Å²) in [4.78, 5) is 19.5. The van der Waals surface area contributed by atoms with Crippen LogP contribution < -0.4 is 40.1 Å². The molecule has 13 nitrogen and oxygen atoms in total. The smallest absolute Gasteiger partial charge is 0.309 e. The average Bonchev–Trinajstić information content (AvgIpc) is 2.15. The second-order valence-corrected chi connectivity index (χ2v) is 2.07. The number of primary amides is 2. The van der Waals surface area contributed by atoms with E-state index in [4.69, 9.17) is 32.5 Å². The monoisotopic (exact) mass is 270 g/mol. The maximum absolute atomic E-state index is 9.00. The van der Waals surface area contributed by atoms with Crippen LogP contribution in [0.1, 0.15) is 0 Å². The second kappa shape index (κ2) is 14.3. The highest BCUT2D eigenvalue weighted by atomic mass is 16.2. The highest BCUT2D eigenvalue weighted by molar-refractivity contribution is 5.69. The molecule has 1 heterocycles. The van der Waals surface area contributed by atoms with Crippen LogP contribution in [0.25, 0.3) is 0 Å². The number of aromatic nitrogens is 3. The van der Waals surface area contributed by atoms with Crippen LogP contribution in [0.3, 0.4) is 0 Å². The van der Waals surface area contributed by atoms with E-state index in [1.165, 1.54) is 12.4 Å². The number of carbonyl (C=O) groups excluding carboxylic acids is 1. The van der Waals surface area contributed by atoms with Gasteiger partial charge < -0.3 is 40.1 Å². The number of nitriles is 2. The van der Waals surface area contributed by atoms with Crippen molar-refractivity contribution >= 4 is 23.9 Å². The quantitative estimate of drug-likeness (QED) is 0.179. The number of carbonyl (C=O) groups is 1. The molecule has 1 aromatic heterocycles. The summed E-state index contributed by atoms with van der Waals surface area (Å²) >= 11 is 0. The molecule has 0 atom stereocenters. The van der Waals surface area contributed by atoms with E-state index in [0.717, 1.165) is 0 Å². The van der Waals surface area contributed by atoms with Gasteiger partial charge in [0.05, 0.1) is 0 Å². The zero-order chi connectivity index (χ0) is 15.8. The molecular formula is C6H14N12O. The fraction of sp³-hybridized carbons (Fsp3) is 0. The molecule has 1 rings (SSSR count). The zero-order valence-corrected chi connectivity index (χ0v) is 9.69. The van der Waals surface area contributed by atoms with Gasteiger partial charge in [-0.2, -0.15) is 25.5 Å². The first-order valence-corrected chi connectivity index (χ1v) is 4.01. The van der Waals surface area contributed by atoms with Crippen LogP contribution in [-0.2, 0) is 0 Å². The lowest BCUT2D eigenvalue weighted by Gasteiger charge is -1.93. The Labute approximate surface area is 108 Å². The third-order valence-corrected chi connectivity index (χ3v) is 0.687. The Bertz CT molecular complexity index is 378. The molecule has 0 saturated carbocycles. The maximum atomic E-state index is 9.00. The maximum Gasteiger partial charge on any atom is 0.309 e. The Hall–Kier alpha value is -3.74. The van der Waals surface area contributed by atoms with Gasteiger partial charge in [-0.3, -0.25) is 0 Å². The van der Waals surface area contributed by atoms with E-state index in [1.54, 1.807) is 0 Å². The number of anilines is 3. The van der Waals surface area contributed by atoms with Gasteiger partial charge in [0.25, 0.3) is 0 Å². The van der Waals surface area contributed by atoms with Crippen molar-refractivity contribution in [2.45, 2.75) is 0 Å². The zero-order valence-electron chi connectivity index (χ0n) is 9.69. The summed E-state index contributed by atoms with van der Waals surface area (Å²) < 4.78 is 0. The van der Waals surface area contributed by atoms with Crippen LogP contribution in [0.2, 0.25) is 0 Å². The Morgan fingerprint density at radius 2 is 0.947 bits per heavy atom. The lowest BCUT2D eigenvalue weighted by molar-refractivity contribution is 0.256. The summed E-state index contributed by atoms with van der Waals surface area (Å²) in [5, 5.41) is 14.2. The molecule has 0 aliphatic heterocycles. The molecule has 14 N–H and O–H groups in total. The molecule has 0 saturated heterocycles. The van der Waals surface area contributed by atoms with Gasteiger partial charge in [0.1, 0.15) is 0 Å². The SMILES string of the molecule is N#CN.N#CN.NC(N)=O.Nc1nc(N)nc(N)n1.